The van der Waals surface area contributed by atoms with Gasteiger partial charge >= 0.3 is 0 Å². The third kappa shape index (κ3) is 4.04. The number of nitrogens with zero attached hydrogens (tertiary/aromatic N) is 1. The molecular formula is C18H19FN4O. The van der Waals surface area contributed by atoms with Gasteiger partial charge < -0.3 is 0 Å². The zero-order valence-electron chi connectivity index (χ0n) is 13.3. The topological polar surface area (TPSA) is 65.5 Å². The van der Waals surface area contributed by atoms with E-state index in [-0.39, 0.29) is 23.8 Å². The summed E-state index contributed by atoms with van der Waals surface area (Å²) in [5.41, 5.74) is 11.7. The average molecular weight is 326 g/mol. The highest BCUT2D eigenvalue weighted by Crippen LogP contribution is 2.22. The normalized spacial score (nSPS) is 20.4. The van der Waals surface area contributed by atoms with Gasteiger partial charge in [-0.25, -0.2) is 20.7 Å². The van der Waals surface area contributed by atoms with Gasteiger partial charge in [-0.3, -0.25) is 4.79 Å². The molecule has 3 N–H and O–H groups in total. The van der Waals surface area contributed by atoms with Crippen molar-refractivity contribution in [2.24, 2.45) is 5.10 Å². The third-order valence-electron chi connectivity index (χ3n) is 3.96. The molecule has 0 spiro atoms. The Morgan fingerprint density at radius 1 is 1.17 bits per heavy atom. The molecule has 1 saturated heterocycles. The van der Waals surface area contributed by atoms with Crippen LogP contribution in [0.2, 0.25) is 0 Å². The minimum atomic E-state index is -0.360. The van der Waals surface area contributed by atoms with Crippen LogP contribution in [0.3, 0.4) is 0 Å². The fraction of sp³-hybridized carbons (Fsp3) is 0.222. The van der Waals surface area contributed by atoms with Crippen molar-refractivity contribution in [2.45, 2.75) is 25.4 Å². The third-order valence-corrected chi connectivity index (χ3v) is 3.96. The summed E-state index contributed by atoms with van der Waals surface area (Å²) < 4.78 is 12.8. The molecule has 5 nitrogen and oxygen atoms in total. The molecule has 1 amide bonds. The second kappa shape index (κ2) is 7.33. The van der Waals surface area contributed by atoms with Crippen LogP contribution in [0.5, 0.6) is 0 Å². The molecule has 1 fully saturated rings. The summed E-state index contributed by atoms with van der Waals surface area (Å²) in [6, 6.07) is 13.8. The van der Waals surface area contributed by atoms with E-state index in [4.69, 9.17) is 0 Å². The fourth-order valence-electron chi connectivity index (χ4n) is 2.54. The zero-order valence-corrected chi connectivity index (χ0v) is 13.3. The van der Waals surface area contributed by atoms with E-state index in [1.165, 1.54) is 23.9 Å². The summed E-state index contributed by atoms with van der Waals surface area (Å²) in [6.45, 7) is 2.04. The number of hydrazine groups is 1. The van der Waals surface area contributed by atoms with Gasteiger partial charge in [-0.05, 0) is 36.6 Å². The van der Waals surface area contributed by atoms with Crippen molar-refractivity contribution in [3.8, 4) is 0 Å². The van der Waals surface area contributed by atoms with Gasteiger partial charge in [-0.2, -0.15) is 5.10 Å². The SMILES string of the molecule is Cc1ccc(C2CC(C(=O)N/N=C/c3ccc(F)cc3)NN2)cc1. The van der Waals surface area contributed by atoms with Crippen LogP contribution in [0.25, 0.3) is 0 Å². The largest absolute Gasteiger partial charge is 0.271 e. The first-order valence-corrected chi connectivity index (χ1v) is 7.78. The molecule has 3 rings (SSSR count). The molecule has 2 aromatic carbocycles. The van der Waals surface area contributed by atoms with Crippen molar-refractivity contribution in [2.75, 3.05) is 0 Å². The van der Waals surface area contributed by atoms with Crippen LogP contribution in [0.4, 0.5) is 4.39 Å². The lowest BCUT2D eigenvalue weighted by atomic mass is 10.0. The van der Waals surface area contributed by atoms with E-state index in [2.05, 4.69) is 45.6 Å². The van der Waals surface area contributed by atoms with Crippen molar-refractivity contribution in [1.29, 1.82) is 0 Å². The summed E-state index contributed by atoms with van der Waals surface area (Å²) in [7, 11) is 0. The van der Waals surface area contributed by atoms with Crippen LogP contribution in [0.1, 0.15) is 29.2 Å². The number of amides is 1. The number of carbonyl (C=O) groups is 1. The Balaban J connectivity index is 1.52. The van der Waals surface area contributed by atoms with Crippen LogP contribution >= 0.6 is 0 Å². The lowest BCUT2D eigenvalue weighted by Gasteiger charge is -2.09. The molecule has 0 radical (unpaired) electrons. The number of nitrogens with one attached hydrogen (secondary N) is 3. The summed E-state index contributed by atoms with van der Waals surface area (Å²) in [5, 5.41) is 3.91. The molecule has 0 aromatic heterocycles. The standard InChI is InChI=1S/C18H19FN4O/c1-12-2-6-14(7-3-12)16-10-17(22-21-16)18(24)23-20-11-13-4-8-15(19)9-5-13/h2-9,11,16-17,21-22H,10H2,1H3,(H,23,24)/b20-11+. The maximum absolute atomic E-state index is 12.8. The van der Waals surface area contributed by atoms with Gasteiger partial charge in [-0.15, -0.1) is 0 Å². The van der Waals surface area contributed by atoms with Crippen LogP contribution in [-0.4, -0.2) is 18.2 Å². The zero-order chi connectivity index (χ0) is 16.9. The quantitative estimate of drug-likeness (QED) is 0.596. The van der Waals surface area contributed by atoms with E-state index < -0.39 is 0 Å². The second-order valence-corrected chi connectivity index (χ2v) is 5.83. The average Bonchev–Trinajstić information content (AvgIpc) is 3.07. The van der Waals surface area contributed by atoms with Crippen molar-refractivity contribution < 1.29 is 9.18 Å². The molecule has 24 heavy (non-hydrogen) atoms. The maximum atomic E-state index is 12.8. The number of aryl methyl sites for hydroxylation is 1. The molecule has 1 aliphatic rings. The fourth-order valence-corrected chi connectivity index (χ4v) is 2.54. The van der Waals surface area contributed by atoms with E-state index in [1.807, 2.05) is 6.92 Å². The lowest BCUT2D eigenvalue weighted by Crippen LogP contribution is -2.41. The van der Waals surface area contributed by atoms with E-state index in [0.717, 1.165) is 5.56 Å². The number of rotatable bonds is 4. The number of benzene rings is 2. The van der Waals surface area contributed by atoms with Crippen molar-refractivity contribution in [3.63, 3.8) is 0 Å². The van der Waals surface area contributed by atoms with Gasteiger partial charge in [0.1, 0.15) is 11.9 Å². The van der Waals surface area contributed by atoms with Gasteiger partial charge in [0.25, 0.3) is 5.91 Å². The molecular weight excluding hydrogens is 307 g/mol. The molecule has 2 atom stereocenters. The first-order chi connectivity index (χ1) is 11.6. The Morgan fingerprint density at radius 3 is 2.58 bits per heavy atom. The summed E-state index contributed by atoms with van der Waals surface area (Å²) >= 11 is 0. The summed E-state index contributed by atoms with van der Waals surface area (Å²) in [6.07, 6.45) is 2.12. The summed E-state index contributed by atoms with van der Waals surface area (Å²) in [5.74, 6) is -0.518. The Labute approximate surface area is 139 Å². The molecule has 2 unspecified atom stereocenters. The minimum absolute atomic E-state index is 0.0856. The van der Waals surface area contributed by atoms with Gasteiger partial charge in [-0.1, -0.05) is 42.0 Å². The van der Waals surface area contributed by atoms with Crippen LogP contribution in [0, 0.1) is 12.7 Å². The van der Waals surface area contributed by atoms with Gasteiger partial charge in [0, 0.05) is 6.04 Å². The number of hydrogen-bond donors (Lipinski definition) is 3. The van der Waals surface area contributed by atoms with Crippen LogP contribution in [-0.2, 0) is 4.79 Å². The molecule has 2 aromatic rings. The lowest BCUT2D eigenvalue weighted by molar-refractivity contribution is -0.122. The van der Waals surface area contributed by atoms with Crippen LogP contribution in [0.15, 0.2) is 53.6 Å². The Morgan fingerprint density at radius 2 is 1.88 bits per heavy atom. The smallest absolute Gasteiger partial charge is 0.258 e. The van der Waals surface area contributed by atoms with Crippen molar-refractivity contribution >= 4 is 12.1 Å². The Hall–Kier alpha value is -2.57. The Kier molecular flexibility index (Phi) is 4.98. The minimum Gasteiger partial charge on any atom is -0.271 e. The highest BCUT2D eigenvalue weighted by molar-refractivity contribution is 5.85. The van der Waals surface area contributed by atoms with E-state index in [0.29, 0.717) is 12.0 Å². The Bertz CT molecular complexity index is 728. The van der Waals surface area contributed by atoms with Crippen molar-refractivity contribution in [3.05, 3.63) is 71.0 Å². The van der Waals surface area contributed by atoms with Crippen LogP contribution < -0.4 is 16.3 Å². The van der Waals surface area contributed by atoms with E-state index in [1.54, 1.807) is 12.1 Å². The highest BCUT2D eigenvalue weighted by Gasteiger charge is 2.29. The van der Waals surface area contributed by atoms with E-state index in [9.17, 15) is 9.18 Å². The number of carbonyl (C=O) groups excluding carboxylic acids is 1. The molecule has 0 saturated carbocycles. The molecule has 1 aliphatic heterocycles. The molecule has 0 bridgehead atoms. The predicted molar refractivity (Wildman–Crippen MR) is 90.7 cm³/mol. The van der Waals surface area contributed by atoms with Gasteiger partial charge in [0.2, 0.25) is 0 Å². The first kappa shape index (κ1) is 16.3. The van der Waals surface area contributed by atoms with Gasteiger partial charge in [0.05, 0.1) is 6.21 Å². The highest BCUT2D eigenvalue weighted by atomic mass is 19.1. The molecule has 124 valence electrons. The van der Waals surface area contributed by atoms with Crippen molar-refractivity contribution in [1.82, 2.24) is 16.3 Å². The number of hydrazone groups is 1. The second-order valence-electron chi connectivity index (χ2n) is 5.83. The maximum Gasteiger partial charge on any atom is 0.258 e. The molecule has 0 aliphatic carbocycles. The summed E-state index contributed by atoms with van der Waals surface area (Å²) in [4.78, 5) is 12.1. The first-order valence-electron chi connectivity index (χ1n) is 7.78. The molecule has 6 heteroatoms. The van der Waals surface area contributed by atoms with Gasteiger partial charge in [0.15, 0.2) is 0 Å². The molecule has 1 heterocycles. The van der Waals surface area contributed by atoms with E-state index >= 15 is 0 Å². The predicted octanol–water partition coefficient (Wildman–Crippen LogP) is 2.19. The number of hydrogen-bond acceptors (Lipinski definition) is 4. The monoisotopic (exact) mass is 326 g/mol. The number of halogens is 1.